The van der Waals surface area contributed by atoms with Crippen LogP contribution in [0.5, 0.6) is 5.75 Å². The number of ether oxygens (including phenoxy) is 1. The highest BCUT2D eigenvalue weighted by molar-refractivity contribution is 5.79. The second-order valence-corrected chi connectivity index (χ2v) is 6.11. The van der Waals surface area contributed by atoms with Crippen LogP contribution in [-0.2, 0) is 11.2 Å². The van der Waals surface area contributed by atoms with Crippen molar-refractivity contribution in [3.8, 4) is 5.75 Å². The molecule has 1 aromatic rings. The maximum atomic E-state index is 12.2. The highest BCUT2D eigenvalue weighted by Crippen LogP contribution is 2.27. The quantitative estimate of drug-likeness (QED) is 0.879. The number of piperidine rings is 1. The zero-order valence-electron chi connectivity index (χ0n) is 13.4. The maximum absolute atomic E-state index is 12.2. The van der Waals surface area contributed by atoms with Gasteiger partial charge >= 0.3 is 6.03 Å². The number of rotatable bonds is 3. The van der Waals surface area contributed by atoms with Gasteiger partial charge in [-0.15, -0.1) is 0 Å². The zero-order chi connectivity index (χ0) is 16.2. The molecule has 1 fully saturated rings. The van der Waals surface area contributed by atoms with Gasteiger partial charge in [-0.05, 0) is 24.5 Å². The summed E-state index contributed by atoms with van der Waals surface area (Å²) in [5.74, 6) is 1.01. The Morgan fingerprint density at radius 3 is 2.70 bits per heavy atom. The van der Waals surface area contributed by atoms with Crippen LogP contribution in [0.1, 0.15) is 18.4 Å². The Balaban J connectivity index is 1.42. The van der Waals surface area contributed by atoms with Gasteiger partial charge in [-0.2, -0.15) is 0 Å². The Morgan fingerprint density at radius 1 is 1.26 bits per heavy atom. The first-order valence-corrected chi connectivity index (χ1v) is 8.16. The molecule has 1 aromatic carbocycles. The fourth-order valence-corrected chi connectivity index (χ4v) is 3.23. The van der Waals surface area contributed by atoms with Crippen LogP contribution >= 0.6 is 0 Å². The van der Waals surface area contributed by atoms with Crippen molar-refractivity contribution >= 4 is 11.9 Å². The second-order valence-electron chi connectivity index (χ2n) is 6.11. The molecule has 1 unspecified atom stereocenters. The number of likely N-dealkylation sites (tertiary alicyclic amines) is 1. The predicted molar refractivity (Wildman–Crippen MR) is 86.3 cm³/mol. The third-order valence-electron chi connectivity index (χ3n) is 4.59. The van der Waals surface area contributed by atoms with E-state index in [9.17, 15) is 9.59 Å². The topological polar surface area (TPSA) is 70.7 Å². The second kappa shape index (κ2) is 6.89. The van der Waals surface area contributed by atoms with Gasteiger partial charge in [0.15, 0.2) is 0 Å². The summed E-state index contributed by atoms with van der Waals surface area (Å²) in [6.45, 7) is 1.74. The van der Waals surface area contributed by atoms with E-state index in [0.29, 0.717) is 19.6 Å². The van der Waals surface area contributed by atoms with E-state index >= 15 is 0 Å². The normalized spacial score (nSPS) is 20.6. The molecule has 6 heteroatoms. The number of urea groups is 1. The van der Waals surface area contributed by atoms with Crippen LogP contribution in [0, 0.1) is 5.92 Å². The van der Waals surface area contributed by atoms with Gasteiger partial charge in [-0.3, -0.25) is 4.79 Å². The number of fused-ring (bicyclic) bond motifs is 1. The van der Waals surface area contributed by atoms with Crippen molar-refractivity contribution in [1.82, 2.24) is 15.5 Å². The minimum Gasteiger partial charge on any atom is -0.488 e. The fraction of sp³-hybridized carbons (Fsp3) is 0.529. The summed E-state index contributed by atoms with van der Waals surface area (Å²) >= 11 is 0. The number of nitrogens with one attached hydrogen (secondary N) is 2. The van der Waals surface area contributed by atoms with Crippen molar-refractivity contribution in [2.24, 2.45) is 5.92 Å². The SMILES string of the molecule is CNC(=O)C1CCN(C(=O)NCC2Cc3ccccc3O2)CC1. The van der Waals surface area contributed by atoms with Gasteiger partial charge < -0.3 is 20.3 Å². The molecule has 0 spiro atoms. The van der Waals surface area contributed by atoms with E-state index in [4.69, 9.17) is 4.74 Å². The van der Waals surface area contributed by atoms with E-state index < -0.39 is 0 Å². The number of carbonyl (C=O) groups is 2. The smallest absolute Gasteiger partial charge is 0.317 e. The van der Waals surface area contributed by atoms with Crippen molar-refractivity contribution in [2.45, 2.75) is 25.4 Å². The van der Waals surface area contributed by atoms with Crippen LogP contribution < -0.4 is 15.4 Å². The molecule has 2 heterocycles. The summed E-state index contributed by atoms with van der Waals surface area (Å²) in [5.41, 5.74) is 1.19. The summed E-state index contributed by atoms with van der Waals surface area (Å²) in [4.78, 5) is 25.6. The molecule has 0 bridgehead atoms. The molecule has 124 valence electrons. The number of para-hydroxylation sites is 1. The molecule has 0 aliphatic carbocycles. The summed E-state index contributed by atoms with van der Waals surface area (Å²) in [6.07, 6.45) is 2.27. The highest BCUT2D eigenvalue weighted by Gasteiger charge is 2.28. The van der Waals surface area contributed by atoms with Gasteiger partial charge in [-0.25, -0.2) is 4.79 Å². The van der Waals surface area contributed by atoms with Gasteiger partial charge in [0.2, 0.25) is 5.91 Å². The van der Waals surface area contributed by atoms with E-state index in [1.54, 1.807) is 11.9 Å². The van der Waals surface area contributed by atoms with Crippen LogP contribution in [0.4, 0.5) is 4.79 Å². The molecule has 3 amide bonds. The van der Waals surface area contributed by atoms with Crippen molar-refractivity contribution in [3.05, 3.63) is 29.8 Å². The molecule has 0 saturated carbocycles. The van der Waals surface area contributed by atoms with Crippen LogP contribution in [0.25, 0.3) is 0 Å². The number of nitrogens with zero attached hydrogens (tertiary/aromatic N) is 1. The van der Waals surface area contributed by atoms with E-state index in [0.717, 1.165) is 25.0 Å². The third kappa shape index (κ3) is 3.57. The van der Waals surface area contributed by atoms with E-state index in [1.807, 2.05) is 18.2 Å². The minimum absolute atomic E-state index is 0.000224. The number of carbonyl (C=O) groups excluding carboxylic acids is 2. The highest BCUT2D eigenvalue weighted by atomic mass is 16.5. The Labute approximate surface area is 136 Å². The lowest BCUT2D eigenvalue weighted by Crippen LogP contribution is -2.48. The first kappa shape index (κ1) is 15.6. The van der Waals surface area contributed by atoms with Crippen LogP contribution in [0.3, 0.4) is 0 Å². The maximum Gasteiger partial charge on any atom is 0.317 e. The largest absolute Gasteiger partial charge is 0.488 e. The first-order chi connectivity index (χ1) is 11.2. The van der Waals surface area contributed by atoms with Gasteiger partial charge in [0.05, 0.1) is 6.54 Å². The Hall–Kier alpha value is -2.24. The lowest BCUT2D eigenvalue weighted by atomic mass is 9.96. The van der Waals surface area contributed by atoms with Crippen LogP contribution in [0.15, 0.2) is 24.3 Å². The molecule has 0 radical (unpaired) electrons. The summed E-state index contributed by atoms with van der Waals surface area (Å²) in [7, 11) is 1.65. The number of amides is 3. The number of benzene rings is 1. The molecule has 2 aliphatic heterocycles. The molecule has 0 aromatic heterocycles. The van der Waals surface area contributed by atoms with Gasteiger partial charge in [0, 0.05) is 32.5 Å². The predicted octanol–water partition coefficient (Wildman–Crippen LogP) is 1.16. The van der Waals surface area contributed by atoms with E-state index in [2.05, 4.69) is 16.7 Å². The molecule has 2 N–H and O–H groups in total. The molecule has 2 aliphatic rings. The summed E-state index contributed by atoms with van der Waals surface area (Å²) in [5, 5.41) is 5.62. The minimum atomic E-state index is -0.0695. The number of hydrogen-bond acceptors (Lipinski definition) is 3. The van der Waals surface area contributed by atoms with Gasteiger partial charge in [-0.1, -0.05) is 18.2 Å². The fourth-order valence-electron chi connectivity index (χ4n) is 3.23. The summed E-state index contributed by atoms with van der Waals surface area (Å²) in [6, 6.07) is 7.90. The Bertz CT molecular complexity index is 557. The molecular formula is C17H23N3O3. The zero-order valence-corrected chi connectivity index (χ0v) is 13.4. The molecule has 3 rings (SSSR count). The van der Waals surface area contributed by atoms with Crippen molar-refractivity contribution < 1.29 is 14.3 Å². The molecule has 6 nitrogen and oxygen atoms in total. The lowest BCUT2D eigenvalue weighted by molar-refractivity contribution is -0.125. The molecule has 1 saturated heterocycles. The first-order valence-electron chi connectivity index (χ1n) is 8.16. The average Bonchev–Trinajstić information content (AvgIpc) is 3.02. The van der Waals surface area contributed by atoms with Crippen molar-refractivity contribution in [3.63, 3.8) is 0 Å². The average molecular weight is 317 g/mol. The standard InChI is InChI=1S/C17H23N3O3/c1-18-16(21)12-6-8-20(9-7-12)17(22)19-11-14-10-13-4-2-3-5-15(13)23-14/h2-5,12,14H,6-11H2,1H3,(H,18,21)(H,19,22). The van der Waals surface area contributed by atoms with Crippen molar-refractivity contribution in [1.29, 1.82) is 0 Å². The van der Waals surface area contributed by atoms with Crippen molar-refractivity contribution in [2.75, 3.05) is 26.7 Å². The van der Waals surface area contributed by atoms with Crippen LogP contribution in [-0.4, -0.2) is 49.6 Å². The molecular weight excluding hydrogens is 294 g/mol. The van der Waals surface area contributed by atoms with E-state index in [-0.39, 0.29) is 24.0 Å². The van der Waals surface area contributed by atoms with Gasteiger partial charge in [0.25, 0.3) is 0 Å². The Kier molecular flexibility index (Phi) is 4.69. The lowest BCUT2D eigenvalue weighted by Gasteiger charge is -2.31. The van der Waals surface area contributed by atoms with Crippen LogP contribution in [0.2, 0.25) is 0 Å². The van der Waals surface area contributed by atoms with E-state index in [1.165, 1.54) is 5.56 Å². The molecule has 1 atom stereocenters. The number of hydrogen-bond donors (Lipinski definition) is 2. The van der Waals surface area contributed by atoms with Gasteiger partial charge in [0.1, 0.15) is 11.9 Å². The third-order valence-corrected chi connectivity index (χ3v) is 4.59. The Morgan fingerprint density at radius 2 is 2.00 bits per heavy atom. The molecule has 23 heavy (non-hydrogen) atoms. The monoisotopic (exact) mass is 317 g/mol. The summed E-state index contributed by atoms with van der Waals surface area (Å²) < 4.78 is 5.82.